The van der Waals surface area contributed by atoms with Crippen LogP contribution in [0.2, 0.25) is 0 Å². The molecule has 1 aromatic carbocycles. The van der Waals surface area contributed by atoms with Gasteiger partial charge in [-0.2, -0.15) is 0 Å². The van der Waals surface area contributed by atoms with Crippen molar-refractivity contribution in [1.29, 1.82) is 0 Å². The first-order chi connectivity index (χ1) is 8.86. The van der Waals surface area contributed by atoms with E-state index in [1.165, 1.54) is 5.06 Å². The van der Waals surface area contributed by atoms with E-state index in [0.29, 0.717) is 26.0 Å². The molecule has 18 heavy (non-hydrogen) atoms. The van der Waals surface area contributed by atoms with Gasteiger partial charge in [-0.15, -0.1) is 0 Å². The molecular formula is C14H19NO3. The van der Waals surface area contributed by atoms with E-state index in [9.17, 15) is 9.59 Å². The summed E-state index contributed by atoms with van der Waals surface area (Å²) in [6, 6.07) is 9.71. The molecule has 0 aliphatic heterocycles. The van der Waals surface area contributed by atoms with E-state index in [-0.39, 0.29) is 0 Å². The third-order valence-electron chi connectivity index (χ3n) is 2.56. The highest BCUT2D eigenvalue weighted by molar-refractivity contribution is 5.48. The lowest BCUT2D eigenvalue weighted by Crippen LogP contribution is -2.23. The first kappa shape index (κ1) is 14.4. The summed E-state index contributed by atoms with van der Waals surface area (Å²) in [6.45, 7) is 0.961. The minimum atomic E-state index is 0.397. The Morgan fingerprint density at radius 3 is 2.50 bits per heavy atom. The highest BCUT2D eigenvalue weighted by Crippen LogP contribution is 2.04. The number of benzene rings is 1. The second-order valence-corrected chi connectivity index (χ2v) is 4.02. The normalized spacial score (nSPS) is 10.0. The van der Waals surface area contributed by atoms with Crippen molar-refractivity contribution in [3.05, 3.63) is 35.9 Å². The topological polar surface area (TPSA) is 46.6 Å². The van der Waals surface area contributed by atoms with Crippen molar-refractivity contribution in [1.82, 2.24) is 5.06 Å². The van der Waals surface area contributed by atoms with E-state index < -0.39 is 0 Å². The van der Waals surface area contributed by atoms with Gasteiger partial charge < -0.3 is 4.79 Å². The summed E-state index contributed by atoms with van der Waals surface area (Å²) < 4.78 is 0. The molecule has 0 bridgehead atoms. The summed E-state index contributed by atoms with van der Waals surface area (Å²) in [5.41, 5.74) is 1.03. The molecule has 4 heteroatoms. The third kappa shape index (κ3) is 6.15. The zero-order valence-corrected chi connectivity index (χ0v) is 10.5. The number of amides is 1. The summed E-state index contributed by atoms with van der Waals surface area (Å²) in [5, 5.41) is 1.31. The van der Waals surface area contributed by atoms with Crippen molar-refractivity contribution in [2.75, 3.05) is 6.54 Å². The molecule has 1 amide bonds. The molecule has 0 unspecified atom stereocenters. The fraction of sp³-hybridized carbons (Fsp3) is 0.429. The quantitative estimate of drug-likeness (QED) is 0.363. The van der Waals surface area contributed by atoms with E-state index in [2.05, 4.69) is 0 Å². The fourth-order valence-corrected chi connectivity index (χ4v) is 1.55. The van der Waals surface area contributed by atoms with Crippen molar-refractivity contribution in [2.45, 2.75) is 32.3 Å². The maximum atomic E-state index is 10.8. The second-order valence-electron chi connectivity index (χ2n) is 4.02. The number of rotatable bonds is 10. The maximum Gasteiger partial charge on any atom is 0.233 e. The minimum absolute atomic E-state index is 0.397. The first-order valence-corrected chi connectivity index (χ1v) is 6.19. The maximum absolute atomic E-state index is 10.8. The van der Waals surface area contributed by atoms with Crippen LogP contribution in [0.1, 0.15) is 31.2 Å². The molecule has 0 saturated carbocycles. The molecule has 1 aromatic rings. The highest BCUT2D eigenvalue weighted by Gasteiger charge is 2.02. The van der Waals surface area contributed by atoms with Crippen LogP contribution < -0.4 is 0 Å². The van der Waals surface area contributed by atoms with Crippen LogP contribution in [0.25, 0.3) is 0 Å². The van der Waals surface area contributed by atoms with E-state index in [0.717, 1.165) is 31.1 Å². The molecule has 0 aliphatic rings. The summed E-state index contributed by atoms with van der Waals surface area (Å²) in [5.74, 6) is 0. The SMILES string of the molecule is O=CCCCCCN(C=O)OCc1ccccc1. The van der Waals surface area contributed by atoms with Gasteiger partial charge in [0.05, 0.1) is 0 Å². The van der Waals surface area contributed by atoms with Crippen molar-refractivity contribution >= 4 is 12.7 Å². The van der Waals surface area contributed by atoms with Crippen LogP contribution in [-0.4, -0.2) is 24.3 Å². The van der Waals surface area contributed by atoms with E-state index >= 15 is 0 Å². The number of aldehydes is 1. The molecule has 0 fully saturated rings. The van der Waals surface area contributed by atoms with Crippen molar-refractivity contribution in [2.24, 2.45) is 0 Å². The van der Waals surface area contributed by atoms with Crippen LogP contribution in [0.4, 0.5) is 0 Å². The largest absolute Gasteiger partial charge is 0.303 e. The van der Waals surface area contributed by atoms with Gasteiger partial charge >= 0.3 is 0 Å². The van der Waals surface area contributed by atoms with E-state index in [1.807, 2.05) is 30.3 Å². The first-order valence-electron chi connectivity index (χ1n) is 6.19. The lowest BCUT2D eigenvalue weighted by atomic mass is 10.2. The lowest BCUT2D eigenvalue weighted by Gasteiger charge is -2.16. The van der Waals surface area contributed by atoms with Crippen LogP contribution in [-0.2, 0) is 21.0 Å². The summed E-state index contributed by atoms with van der Waals surface area (Å²) in [4.78, 5) is 26.3. The fourth-order valence-electron chi connectivity index (χ4n) is 1.55. The zero-order chi connectivity index (χ0) is 13.1. The average molecular weight is 249 g/mol. The van der Waals surface area contributed by atoms with Crippen molar-refractivity contribution < 1.29 is 14.4 Å². The molecule has 0 atom stereocenters. The summed E-state index contributed by atoms with van der Waals surface area (Å²) >= 11 is 0. The standard InChI is InChI=1S/C14H19NO3/c16-11-7-2-1-6-10-15(13-17)18-12-14-8-4-3-5-9-14/h3-5,8-9,11,13H,1-2,6-7,10,12H2. The second kappa shape index (κ2) is 9.36. The Morgan fingerprint density at radius 2 is 1.83 bits per heavy atom. The molecule has 0 radical (unpaired) electrons. The van der Waals surface area contributed by atoms with Gasteiger partial charge in [0.25, 0.3) is 0 Å². The van der Waals surface area contributed by atoms with Gasteiger partial charge in [0, 0.05) is 13.0 Å². The Morgan fingerprint density at radius 1 is 1.06 bits per heavy atom. The number of nitrogens with zero attached hydrogens (tertiary/aromatic N) is 1. The number of unbranched alkanes of at least 4 members (excludes halogenated alkanes) is 3. The highest BCUT2D eigenvalue weighted by atomic mass is 16.7. The van der Waals surface area contributed by atoms with Crippen LogP contribution in [0, 0.1) is 0 Å². The van der Waals surface area contributed by atoms with Crippen LogP contribution in [0.3, 0.4) is 0 Å². The molecule has 0 N–H and O–H groups in total. The summed E-state index contributed by atoms with van der Waals surface area (Å²) in [7, 11) is 0. The van der Waals surface area contributed by atoms with Gasteiger partial charge in [0.2, 0.25) is 6.41 Å². The van der Waals surface area contributed by atoms with Gasteiger partial charge in [-0.05, 0) is 18.4 Å². The van der Waals surface area contributed by atoms with Crippen molar-refractivity contribution in [3.63, 3.8) is 0 Å². The Bertz CT molecular complexity index is 340. The van der Waals surface area contributed by atoms with Gasteiger partial charge in [-0.1, -0.05) is 36.8 Å². The number of hydrogen-bond acceptors (Lipinski definition) is 3. The smallest absolute Gasteiger partial charge is 0.233 e. The third-order valence-corrected chi connectivity index (χ3v) is 2.56. The monoisotopic (exact) mass is 249 g/mol. The molecule has 0 heterocycles. The number of hydrogen-bond donors (Lipinski definition) is 0. The molecule has 0 saturated heterocycles. The van der Waals surface area contributed by atoms with Crippen LogP contribution >= 0.6 is 0 Å². The van der Waals surface area contributed by atoms with Gasteiger partial charge in [0.15, 0.2) is 0 Å². The Hall–Kier alpha value is -1.68. The average Bonchev–Trinajstić information content (AvgIpc) is 2.43. The van der Waals surface area contributed by atoms with Gasteiger partial charge in [-0.25, -0.2) is 5.06 Å². The van der Waals surface area contributed by atoms with Crippen LogP contribution in [0.5, 0.6) is 0 Å². The molecule has 0 aliphatic carbocycles. The molecule has 98 valence electrons. The Balaban J connectivity index is 2.17. The number of carbonyl (C=O) groups is 2. The zero-order valence-electron chi connectivity index (χ0n) is 10.5. The molecule has 0 aromatic heterocycles. The number of hydroxylamine groups is 2. The molecular weight excluding hydrogens is 230 g/mol. The predicted molar refractivity (Wildman–Crippen MR) is 68.5 cm³/mol. The number of carbonyl (C=O) groups excluding carboxylic acids is 2. The molecule has 0 spiro atoms. The van der Waals surface area contributed by atoms with Crippen LogP contribution in [0.15, 0.2) is 30.3 Å². The van der Waals surface area contributed by atoms with E-state index in [1.54, 1.807) is 0 Å². The Labute approximate surface area is 108 Å². The lowest BCUT2D eigenvalue weighted by molar-refractivity contribution is -0.177. The predicted octanol–water partition coefficient (Wildman–Crippen LogP) is 2.34. The Kier molecular flexibility index (Phi) is 7.48. The molecule has 4 nitrogen and oxygen atoms in total. The summed E-state index contributed by atoms with van der Waals surface area (Å²) in [6.07, 6.45) is 4.85. The van der Waals surface area contributed by atoms with Crippen molar-refractivity contribution in [3.8, 4) is 0 Å². The molecule has 1 rings (SSSR count). The van der Waals surface area contributed by atoms with E-state index in [4.69, 9.17) is 4.84 Å². The van der Waals surface area contributed by atoms with Gasteiger partial charge in [0.1, 0.15) is 12.9 Å². The van der Waals surface area contributed by atoms with Gasteiger partial charge in [-0.3, -0.25) is 9.63 Å². The minimum Gasteiger partial charge on any atom is -0.303 e.